The van der Waals surface area contributed by atoms with Crippen molar-refractivity contribution in [2.45, 2.75) is 75.5 Å². The molecule has 4 saturated heterocycles. The Morgan fingerprint density at radius 1 is 0.877 bits per heavy atom. The summed E-state index contributed by atoms with van der Waals surface area (Å²) in [7, 11) is 0. The van der Waals surface area contributed by atoms with E-state index in [0.717, 1.165) is 86.3 Å². The molecule has 0 aliphatic carbocycles. The van der Waals surface area contributed by atoms with Crippen LogP contribution >= 0.6 is 0 Å². The van der Waals surface area contributed by atoms with Crippen LogP contribution in [0.1, 0.15) is 62.1 Å². The predicted molar refractivity (Wildman–Crippen MR) is 223 cm³/mol. The molecule has 0 radical (unpaired) electrons. The highest BCUT2D eigenvalue weighted by molar-refractivity contribution is 6.09. The van der Waals surface area contributed by atoms with Crippen LogP contribution in [0.4, 0.5) is 0 Å². The summed E-state index contributed by atoms with van der Waals surface area (Å²) in [5.41, 5.74) is 18.1. The third-order valence-corrected chi connectivity index (χ3v) is 13.3. The van der Waals surface area contributed by atoms with Crippen molar-refractivity contribution in [1.29, 1.82) is 0 Å². The van der Waals surface area contributed by atoms with Crippen LogP contribution in [0, 0.1) is 0 Å². The Morgan fingerprint density at radius 2 is 1.67 bits per heavy atom. The molecule has 2 aromatic carbocycles. The van der Waals surface area contributed by atoms with Gasteiger partial charge in [0, 0.05) is 72.9 Å². The molecule has 9 rings (SSSR count). The van der Waals surface area contributed by atoms with E-state index in [9.17, 15) is 14.7 Å². The van der Waals surface area contributed by atoms with E-state index < -0.39 is 6.04 Å². The number of hydrogen-bond donors (Lipinski definition) is 5. The zero-order chi connectivity index (χ0) is 39.0. The monoisotopic (exact) mass is 772 g/mol. The minimum absolute atomic E-state index is 0.171. The smallest absolute Gasteiger partial charge is 0.249 e. The summed E-state index contributed by atoms with van der Waals surface area (Å²) in [5, 5.41) is 18.4. The number of carbonyl (C=O) groups excluding carboxylic acids is 2. The second-order valence-corrected chi connectivity index (χ2v) is 16.6. The van der Waals surface area contributed by atoms with Crippen LogP contribution < -0.4 is 22.1 Å². The van der Waals surface area contributed by atoms with Crippen LogP contribution in [-0.2, 0) is 16.0 Å². The first kappa shape index (κ1) is 37.5. The first-order chi connectivity index (χ1) is 27.8. The Labute approximate surface area is 334 Å². The standard InChI is InChI=1S/C44H56N10O3/c45-36(34-6-1-2-8-40(34)55)26-39-42(46)48-27-32-28-52(23-24-53(32)39)31-15-21-51(22-16-31)30-13-19-50(20-14-30)18-4-5-29-9-10-37-35(25-29)33-7-3-17-47-43(33)54(37)38-11-12-41(56)49-44(38)57/h1-3,6-10,17,25-26,30-32,38,48,55H,4-5,11-16,18-24,27-28,45-46H2,(H,49,56,57)/b36-26-. The summed E-state index contributed by atoms with van der Waals surface area (Å²) >= 11 is 0. The molecule has 5 aliphatic rings. The highest BCUT2D eigenvalue weighted by atomic mass is 16.3. The maximum absolute atomic E-state index is 12.8. The number of pyridine rings is 1. The number of aromatic nitrogens is 2. The maximum atomic E-state index is 12.8. The maximum Gasteiger partial charge on any atom is 0.249 e. The summed E-state index contributed by atoms with van der Waals surface area (Å²) in [4.78, 5) is 39.9. The molecule has 7 N–H and O–H groups in total. The molecule has 57 heavy (non-hydrogen) atoms. The fraction of sp³-hybridized carbons (Fsp3) is 0.477. The van der Waals surface area contributed by atoms with Crippen molar-refractivity contribution in [1.82, 2.24) is 39.8 Å². The Kier molecular flexibility index (Phi) is 10.5. The van der Waals surface area contributed by atoms with Crippen molar-refractivity contribution >= 4 is 39.4 Å². The minimum atomic E-state index is -0.436. The molecule has 2 unspecified atom stereocenters. The van der Waals surface area contributed by atoms with Crippen LogP contribution in [0.2, 0.25) is 0 Å². The lowest BCUT2D eigenvalue weighted by molar-refractivity contribution is -0.135. The Morgan fingerprint density at radius 3 is 2.47 bits per heavy atom. The number of aryl methyl sites for hydroxylation is 1. The number of nitrogens with two attached hydrogens (primary N) is 2. The molecule has 2 amide bonds. The van der Waals surface area contributed by atoms with Gasteiger partial charge in [-0.1, -0.05) is 18.2 Å². The summed E-state index contributed by atoms with van der Waals surface area (Å²) in [6, 6.07) is 19.0. The zero-order valence-electron chi connectivity index (χ0n) is 32.8. The van der Waals surface area contributed by atoms with Gasteiger partial charge in [0.2, 0.25) is 11.8 Å². The van der Waals surface area contributed by atoms with Gasteiger partial charge in [-0.3, -0.25) is 19.8 Å². The first-order valence-electron chi connectivity index (χ1n) is 21.0. The van der Waals surface area contributed by atoms with E-state index >= 15 is 0 Å². The van der Waals surface area contributed by atoms with Gasteiger partial charge in [-0.15, -0.1) is 0 Å². The molecule has 4 aromatic rings. The highest BCUT2D eigenvalue weighted by Crippen LogP contribution is 2.35. The van der Waals surface area contributed by atoms with E-state index in [-0.39, 0.29) is 17.6 Å². The van der Waals surface area contributed by atoms with Crippen molar-refractivity contribution in [3.63, 3.8) is 0 Å². The molecule has 13 nitrogen and oxygen atoms in total. The van der Waals surface area contributed by atoms with E-state index in [2.05, 4.69) is 59.5 Å². The number of phenols is 1. The first-order valence-corrected chi connectivity index (χ1v) is 21.0. The fourth-order valence-corrected chi connectivity index (χ4v) is 10.2. The summed E-state index contributed by atoms with van der Waals surface area (Å²) < 4.78 is 2.03. The fourth-order valence-electron chi connectivity index (χ4n) is 10.2. The molecule has 0 saturated carbocycles. The number of piperidine rings is 3. The van der Waals surface area contributed by atoms with Crippen molar-refractivity contribution in [2.24, 2.45) is 11.5 Å². The molecule has 13 heteroatoms. The molecule has 0 bridgehead atoms. The molecule has 4 fully saturated rings. The van der Waals surface area contributed by atoms with E-state index in [4.69, 9.17) is 11.5 Å². The van der Waals surface area contributed by atoms with Crippen LogP contribution in [0.25, 0.3) is 27.6 Å². The molecule has 0 spiro atoms. The summed E-state index contributed by atoms with van der Waals surface area (Å²) in [6.07, 6.45) is 11.6. The second-order valence-electron chi connectivity index (χ2n) is 16.6. The number of nitrogens with one attached hydrogen (secondary N) is 2. The molecule has 300 valence electrons. The number of nitrogens with zero attached hydrogens (tertiary/aromatic N) is 6. The number of phenolic OH excluding ortho intramolecular Hbond substituents is 1. The zero-order valence-corrected chi connectivity index (χ0v) is 32.8. The molecule has 2 atom stereocenters. The summed E-state index contributed by atoms with van der Waals surface area (Å²) in [6.45, 7) is 9.52. The number of para-hydroxylation sites is 1. The number of likely N-dealkylation sites (tertiary alicyclic amines) is 2. The van der Waals surface area contributed by atoms with Gasteiger partial charge in [0.15, 0.2) is 0 Å². The Hall–Kier alpha value is -5.11. The SMILES string of the molecule is NC1=C(/C=C(\N)c2ccccc2O)N2CCN(C3CCN(C4CCN(CCCc5ccc6c(c5)c5cccnc5n6C5CCC(=O)NC5=O)CC4)CC3)CC2CN1. The van der Waals surface area contributed by atoms with E-state index in [1.807, 2.05) is 28.8 Å². The van der Waals surface area contributed by atoms with Gasteiger partial charge >= 0.3 is 0 Å². The van der Waals surface area contributed by atoms with Gasteiger partial charge in [0.1, 0.15) is 23.3 Å². The second kappa shape index (κ2) is 16.0. The lowest BCUT2D eigenvalue weighted by Gasteiger charge is -2.50. The molecule has 7 heterocycles. The van der Waals surface area contributed by atoms with Gasteiger partial charge in [0.05, 0.1) is 17.3 Å². The predicted octanol–water partition coefficient (Wildman–Crippen LogP) is 3.45. The lowest BCUT2D eigenvalue weighted by Crippen LogP contribution is -2.62. The number of fused-ring (bicyclic) bond motifs is 4. The molecule has 5 aliphatic heterocycles. The number of hydrogen-bond acceptors (Lipinski definition) is 11. The normalized spacial score (nSPS) is 23.9. The number of amides is 2. The van der Waals surface area contributed by atoms with Gasteiger partial charge in [-0.2, -0.15) is 0 Å². The number of carbonyl (C=O) groups is 2. The third-order valence-electron chi connectivity index (χ3n) is 13.3. The largest absolute Gasteiger partial charge is 0.507 e. The van der Waals surface area contributed by atoms with E-state index in [1.54, 1.807) is 18.3 Å². The quantitative estimate of drug-likeness (QED) is 0.159. The van der Waals surface area contributed by atoms with Gasteiger partial charge in [-0.25, -0.2) is 4.98 Å². The van der Waals surface area contributed by atoms with Crippen LogP contribution in [0.3, 0.4) is 0 Å². The van der Waals surface area contributed by atoms with Gasteiger partial charge in [-0.05, 0) is 126 Å². The third kappa shape index (κ3) is 7.55. The number of benzene rings is 2. The average Bonchev–Trinajstić information content (AvgIpc) is 3.55. The highest BCUT2D eigenvalue weighted by Gasteiger charge is 2.37. The lowest BCUT2D eigenvalue weighted by atomic mass is 9.95. The average molecular weight is 773 g/mol. The summed E-state index contributed by atoms with van der Waals surface area (Å²) in [5.74, 6) is 0.359. The van der Waals surface area contributed by atoms with E-state index in [1.165, 1.54) is 44.3 Å². The molecular formula is C44H56N10O3. The number of rotatable bonds is 9. The Bertz CT molecular complexity index is 2200. The number of piperazine rings is 1. The van der Waals surface area contributed by atoms with Crippen molar-refractivity contribution in [2.75, 3.05) is 58.9 Å². The minimum Gasteiger partial charge on any atom is -0.507 e. The number of allylic oxidation sites excluding steroid dienone is 1. The van der Waals surface area contributed by atoms with Crippen LogP contribution in [0.15, 0.2) is 78.4 Å². The number of imide groups is 1. The molecular weight excluding hydrogens is 717 g/mol. The van der Waals surface area contributed by atoms with Crippen LogP contribution in [0.5, 0.6) is 5.75 Å². The van der Waals surface area contributed by atoms with Crippen LogP contribution in [-0.4, -0.2) is 123 Å². The number of aromatic hydroxyl groups is 1. The van der Waals surface area contributed by atoms with Crippen molar-refractivity contribution in [3.05, 3.63) is 89.5 Å². The van der Waals surface area contributed by atoms with E-state index in [0.29, 0.717) is 48.0 Å². The topological polar surface area (TPSA) is 161 Å². The van der Waals surface area contributed by atoms with Gasteiger partial charge < -0.3 is 41.2 Å². The van der Waals surface area contributed by atoms with Gasteiger partial charge in [0.25, 0.3) is 0 Å². The van der Waals surface area contributed by atoms with Crippen molar-refractivity contribution < 1.29 is 14.7 Å². The Balaban J connectivity index is 0.736. The van der Waals surface area contributed by atoms with Crippen molar-refractivity contribution in [3.8, 4) is 5.75 Å². The molecule has 2 aromatic heterocycles.